The largest absolute Gasteiger partial charge is 0.383 e. The first-order valence-electron chi connectivity index (χ1n) is 6.29. The molecule has 1 N–H and O–H groups in total. The highest BCUT2D eigenvalue weighted by molar-refractivity contribution is 5.22. The molecular formula is C14H21F2NO. The number of hydrogen-bond acceptors (Lipinski definition) is 2. The Kier molecular flexibility index (Phi) is 6.22. The van der Waals surface area contributed by atoms with Crippen molar-refractivity contribution < 1.29 is 13.5 Å². The van der Waals surface area contributed by atoms with Crippen LogP contribution in [0.25, 0.3) is 0 Å². The lowest BCUT2D eigenvalue weighted by atomic mass is 10.1. The lowest BCUT2D eigenvalue weighted by Gasteiger charge is -2.23. The molecule has 1 aromatic carbocycles. The van der Waals surface area contributed by atoms with E-state index in [1.54, 1.807) is 13.2 Å². The molecule has 0 aliphatic carbocycles. The van der Waals surface area contributed by atoms with Crippen LogP contribution >= 0.6 is 0 Å². The van der Waals surface area contributed by atoms with Gasteiger partial charge in [0, 0.05) is 24.8 Å². The monoisotopic (exact) mass is 257 g/mol. The topological polar surface area (TPSA) is 21.3 Å². The van der Waals surface area contributed by atoms with Crippen LogP contribution in [0.15, 0.2) is 18.2 Å². The van der Waals surface area contributed by atoms with Gasteiger partial charge in [0.15, 0.2) is 11.6 Å². The standard InChI is InChI=1S/C14H21F2NO/c1-4-6-11(9-18-3)17-10(2)12-7-5-8-13(15)14(12)16/h5,7-8,10-11,17H,4,6,9H2,1-3H3. The zero-order valence-electron chi connectivity index (χ0n) is 11.2. The summed E-state index contributed by atoms with van der Waals surface area (Å²) in [5, 5.41) is 3.27. The Morgan fingerprint density at radius 2 is 2.06 bits per heavy atom. The molecule has 102 valence electrons. The fourth-order valence-corrected chi connectivity index (χ4v) is 2.06. The molecule has 0 heterocycles. The molecule has 0 radical (unpaired) electrons. The van der Waals surface area contributed by atoms with Crippen molar-refractivity contribution in [2.75, 3.05) is 13.7 Å². The molecule has 0 amide bonds. The molecule has 1 rings (SSSR count). The van der Waals surface area contributed by atoms with Crippen LogP contribution in [-0.4, -0.2) is 19.8 Å². The van der Waals surface area contributed by atoms with Gasteiger partial charge in [-0.05, 0) is 19.4 Å². The van der Waals surface area contributed by atoms with E-state index in [1.807, 2.05) is 6.92 Å². The maximum absolute atomic E-state index is 13.6. The molecule has 2 nitrogen and oxygen atoms in total. The predicted molar refractivity (Wildman–Crippen MR) is 68.5 cm³/mol. The van der Waals surface area contributed by atoms with Crippen LogP contribution in [0.3, 0.4) is 0 Å². The van der Waals surface area contributed by atoms with Crippen molar-refractivity contribution in [3.63, 3.8) is 0 Å². The number of methoxy groups -OCH3 is 1. The van der Waals surface area contributed by atoms with Gasteiger partial charge in [-0.2, -0.15) is 0 Å². The predicted octanol–water partition coefficient (Wildman–Crippen LogP) is 3.43. The third-order valence-corrected chi connectivity index (χ3v) is 2.94. The van der Waals surface area contributed by atoms with Gasteiger partial charge < -0.3 is 10.1 Å². The van der Waals surface area contributed by atoms with Crippen LogP contribution < -0.4 is 5.32 Å². The quantitative estimate of drug-likeness (QED) is 0.808. The SMILES string of the molecule is CCCC(COC)NC(C)c1cccc(F)c1F. The Morgan fingerprint density at radius 1 is 1.33 bits per heavy atom. The Labute approximate surface area is 107 Å². The van der Waals surface area contributed by atoms with Gasteiger partial charge in [-0.1, -0.05) is 25.5 Å². The molecule has 0 aromatic heterocycles. The second kappa shape index (κ2) is 7.44. The number of hydrogen-bond donors (Lipinski definition) is 1. The lowest BCUT2D eigenvalue weighted by molar-refractivity contribution is 0.156. The molecule has 0 spiro atoms. The maximum atomic E-state index is 13.6. The second-order valence-electron chi connectivity index (χ2n) is 4.47. The lowest BCUT2D eigenvalue weighted by Crippen LogP contribution is -2.35. The highest BCUT2D eigenvalue weighted by Gasteiger charge is 2.17. The summed E-state index contributed by atoms with van der Waals surface area (Å²) in [6, 6.07) is 4.16. The van der Waals surface area contributed by atoms with E-state index in [2.05, 4.69) is 12.2 Å². The highest BCUT2D eigenvalue weighted by atomic mass is 19.2. The van der Waals surface area contributed by atoms with Crippen LogP contribution in [0.1, 0.15) is 38.3 Å². The molecule has 2 atom stereocenters. The van der Waals surface area contributed by atoms with Crippen LogP contribution in [0.4, 0.5) is 8.78 Å². The average Bonchev–Trinajstić information content (AvgIpc) is 2.33. The van der Waals surface area contributed by atoms with Crippen LogP contribution in [0, 0.1) is 11.6 Å². The van der Waals surface area contributed by atoms with Gasteiger partial charge in [-0.25, -0.2) is 8.78 Å². The van der Waals surface area contributed by atoms with Crippen molar-refractivity contribution in [3.05, 3.63) is 35.4 Å². The molecule has 2 unspecified atom stereocenters. The Hall–Kier alpha value is -1.00. The third-order valence-electron chi connectivity index (χ3n) is 2.94. The fourth-order valence-electron chi connectivity index (χ4n) is 2.06. The van der Waals surface area contributed by atoms with E-state index in [0.29, 0.717) is 12.2 Å². The van der Waals surface area contributed by atoms with Crippen molar-refractivity contribution >= 4 is 0 Å². The first kappa shape index (κ1) is 15.1. The summed E-state index contributed by atoms with van der Waals surface area (Å²) >= 11 is 0. The number of ether oxygens (including phenoxy) is 1. The van der Waals surface area contributed by atoms with E-state index in [4.69, 9.17) is 4.74 Å². The number of rotatable bonds is 7. The van der Waals surface area contributed by atoms with Gasteiger partial charge in [-0.15, -0.1) is 0 Å². The molecule has 0 bridgehead atoms. The molecule has 4 heteroatoms. The zero-order valence-corrected chi connectivity index (χ0v) is 11.2. The minimum absolute atomic E-state index is 0.151. The van der Waals surface area contributed by atoms with Crippen LogP contribution in [0.2, 0.25) is 0 Å². The van der Waals surface area contributed by atoms with E-state index in [-0.39, 0.29) is 12.1 Å². The number of halogens is 2. The molecule has 0 saturated heterocycles. The third kappa shape index (κ3) is 4.03. The van der Waals surface area contributed by atoms with Gasteiger partial charge in [0.2, 0.25) is 0 Å². The number of nitrogens with one attached hydrogen (secondary N) is 1. The molecule has 0 aliphatic rings. The van der Waals surface area contributed by atoms with Crippen molar-refractivity contribution in [1.29, 1.82) is 0 Å². The van der Waals surface area contributed by atoms with Gasteiger partial charge >= 0.3 is 0 Å². The first-order valence-corrected chi connectivity index (χ1v) is 6.29. The second-order valence-corrected chi connectivity index (χ2v) is 4.47. The van der Waals surface area contributed by atoms with Crippen molar-refractivity contribution in [2.45, 2.75) is 38.8 Å². The van der Waals surface area contributed by atoms with E-state index >= 15 is 0 Å². The maximum Gasteiger partial charge on any atom is 0.163 e. The van der Waals surface area contributed by atoms with Gasteiger partial charge in [-0.3, -0.25) is 0 Å². The summed E-state index contributed by atoms with van der Waals surface area (Å²) in [5.41, 5.74) is 0.354. The summed E-state index contributed by atoms with van der Waals surface area (Å²) < 4.78 is 31.9. The minimum Gasteiger partial charge on any atom is -0.383 e. The van der Waals surface area contributed by atoms with Crippen molar-refractivity contribution in [3.8, 4) is 0 Å². The van der Waals surface area contributed by atoms with E-state index in [1.165, 1.54) is 6.07 Å². The normalized spacial score (nSPS) is 14.5. The van der Waals surface area contributed by atoms with E-state index < -0.39 is 11.6 Å². The molecule has 1 aromatic rings. The zero-order chi connectivity index (χ0) is 13.5. The van der Waals surface area contributed by atoms with Gasteiger partial charge in [0.05, 0.1) is 6.61 Å². The highest BCUT2D eigenvalue weighted by Crippen LogP contribution is 2.19. The smallest absolute Gasteiger partial charge is 0.163 e. The molecule has 0 saturated carbocycles. The summed E-state index contributed by atoms with van der Waals surface area (Å²) in [7, 11) is 1.64. The van der Waals surface area contributed by atoms with E-state index in [0.717, 1.165) is 18.9 Å². The fraction of sp³-hybridized carbons (Fsp3) is 0.571. The van der Waals surface area contributed by atoms with Crippen LogP contribution in [-0.2, 0) is 4.74 Å². The Morgan fingerprint density at radius 3 is 2.67 bits per heavy atom. The average molecular weight is 257 g/mol. The Bertz CT molecular complexity index is 365. The summed E-state index contributed by atoms with van der Waals surface area (Å²) in [6.45, 7) is 4.48. The summed E-state index contributed by atoms with van der Waals surface area (Å²) in [5.74, 6) is -1.58. The molecule has 18 heavy (non-hydrogen) atoms. The van der Waals surface area contributed by atoms with Gasteiger partial charge in [0.25, 0.3) is 0 Å². The minimum atomic E-state index is -0.806. The van der Waals surface area contributed by atoms with E-state index in [9.17, 15) is 8.78 Å². The van der Waals surface area contributed by atoms with Crippen LogP contribution in [0.5, 0.6) is 0 Å². The summed E-state index contributed by atoms with van der Waals surface area (Å²) in [6.07, 6.45) is 1.95. The first-order chi connectivity index (χ1) is 8.60. The van der Waals surface area contributed by atoms with Gasteiger partial charge in [0.1, 0.15) is 0 Å². The van der Waals surface area contributed by atoms with Crippen molar-refractivity contribution in [1.82, 2.24) is 5.32 Å². The molecule has 0 fully saturated rings. The summed E-state index contributed by atoms with van der Waals surface area (Å²) in [4.78, 5) is 0. The van der Waals surface area contributed by atoms with Crippen molar-refractivity contribution in [2.24, 2.45) is 0 Å². The number of benzene rings is 1. The Balaban J connectivity index is 2.73. The molecular weight excluding hydrogens is 236 g/mol. The molecule has 0 aliphatic heterocycles.